The quantitative estimate of drug-likeness (QED) is 0.872. The van der Waals surface area contributed by atoms with Crippen LogP contribution in [0.3, 0.4) is 0 Å². The van der Waals surface area contributed by atoms with E-state index >= 15 is 0 Å². The van der Waals surface area contributed by atoms with Crippen molar-refractivity contribution in [3.8, 4) is 5.75 Å². The lowest BCUT2D eigenvalue weighted by Crippen LogP contribution is -2.47. The molecule has 0 radical (unpaired) electrons. The zero-order valence-electron chi connectivity index (χ0n) is 11.4. The van der Waals surface area contributed by atoms with Gasteiger partial charge in [-0.2, -0.15) is 0 Å². The third-order valence-electron chi connectivity index (χ3n) is 4.13. The fourth-order valence-corrected chi connectivity index (χ4v) is 3.04. The fraction of sp³-hybridized carbons (Fsp3) is 0.533. The van der Waals surface area contributed by atoms with Gasteiger partial charge in [-0.1, -0.05) is 24.6 Å². The molecule has 1 aromatic carbocycles. The van der Waals surface area contributed by atoms with Gasteiger partial charge in [0.15, 0.2) is 0 Å². The van der Waals surface area contributed by atoms with E-state index in [0.717, 1.165) is 37.0 Å². The third kappa shape index (κ3) is 3.07. The molecular formula is C15H21ClN2O2. The first-order valence-electron chi connectivity index (χ1n) is 7.00. The van der Waals surface area contributed by atoms with E-state index in [2.05, 4.69) is 11.4 Å². The van der Waals surface area contributed by atoms with Crippen LogP contribution in [0.2, 0.25) is 0 Å². The predicted molar refractivity (Wildman–Crippen MR) is 80.1 cm³/mol. The Balaban J connectivity index is 0.00000147. The highest BCUT2D eigenvalue weighted by molar-refractivity contribution is 5.85. The topological polar surface area (TPSA) is 64.4 Å². The van der Waals surface area contributed by atoms with Crippen LogP contribution in [-0.2, 0) is 11.2 Å². The molecule has 1 heterocycles. The van der Waals surface area contributed by atoms with Crippen LogP contribution in [-0.4, -0.2) is 24.6 Å². The molecule has 3 N–H and O–H groups in total. The summed E-state index contributed by atoms with van der Waals surface area (Å²) in [5.41, 5.74) is 7.13. The van der Waals surface area contributed by atoms with Crippen molar-refractivity contribution >= 4 is 18.3 Å². The summed E-state index contributed by atoms with van der Waals surface area (Å²) in [5.74, 6) is 1.01. The molecule has 5 heteroatoms. The number of nitrogens with two attached hydrogens (primary N) is 1. The van der Waals surface area contributed by atoms with Gasteiger partial charge in [-0.3, -0.25) is 4.79 Å². The molecule has 2 aliphatic rings. The van der Waals surface area contributed by atoms with Gasteiger partial charge in [0, 0.05) is 6.04 Å². The number of carbonyl (C=O) groups is 1. The van der Waals surface area contributed by atoms with E-state index in [1.165, 1.54) is 0 Å². The Kier molecular flexibility index (Phi) is 4.89. The molecule has 1 amide bonds. The van der Waals surface area contributed by atoms with Gasteiger partial charge in [0.05, 0.1) is 12.0 Å². The maximum atomic E-state index is 12.2. The van der Waals surface area contributed by atoms with Gasteiger partial charge in [-0.15, -0.1) is 12.4 Å². The molecule has 110 valence electrons. The molecule has 3 unspecified atom stereocenters. The smallest absolute Gasteiger partial charge is 0.225 e. The van der Waals surface area contributed by atoms with Crippen LogP contribution in [0, 0.1) is 5.92 Å². The Labute approximate surface area is 125 Å². The minimum absolute atomic E-state index is 0. The van der Waals surface area contributed by atoms with Gasteiger partial charge in [0.25, 0.3) is 0 Å². The predicted octanol–water partition coefficient (Wildman–Crippen LogP) is 1.66. The zero-order valence-corrected chi connectivity index (χ0v) is 12.2. The normalized spacial score (nSPS) is 27.9. The summed E-state index contributed by atoms with van der Waals surface area (Å²) in [7, 11) is 0. The Morgan fingerprint density at radius 1 is 1.30 bits per heavy atom. The first-order chi connectivity index (χ1) is 9.24. The summed E-state index contributed by atoms with van der Waals surface area (Å²) in [6.07, 6.45) is 3.77. The van der Waals surface area contributed by atoms with Gasteiger partial charge in [-0.05, 0) is 30.9 Å². The molecule has 4 nitrogen and oxygen atoms in total. The average Bonchev–Trinajstić information content (AvgIpc) is 2.85. The summed E-state index contributed by atoms with van der Waals surface area (Å²) in [5, 5.41) is 3.09. The van der Waals surface area contributed by atoms with Crippen molar-refractivity contribution in [1.82, 2.24) is 5.32 Å². The molecule has 1 aliphatic heterocycles. The Morgan fingerprint density at radius 2 is 2.10 bits per heavy atom. The number of carbonyl (C=O) groups excluding carboxylic acids is 1. The van der Waals surface area contributed by atoms with Crippen LogP contribution < -0.4 is 15.8 Å². The van der Waals surface area contributed by atoms with Crippen molar-refractivity contribution in [3.63, 3.8) is 0 Å². The van der Waals surface area contributed by atoms with Crippen molar-refractivity contribution in [2.24, 2.45) is 11.7 Å². The largest absolute Gasteiger partial charge is 0.491 e. The molecule has 20 heavy (non-hydrogen) atoms. The lowest BCUT2D eigenvalue weighted by molar-refractivity contribution is -0.126. The van der Waals surface area contributed by atoms with Crippen LogP contribution in [0.4, 0.5) is 0 Å². The van der Waals surface area contributed by atoms with E-state index in [1.54, 1.807) is 0 Å². The Bertz CT molecular complexity index is 481. The summed E-state index contributed by atoms with van der Waals surface area (Å²) in [6.45, 7) is 0.546. The molecule has 3 rings (SSSR count). The lowest BCUT2D eigenvalue weighted by atomic mass is 10.00. The number of para-hydroxylation sites is 1. The van der Waals surface area contributed by atoms with Gasteiger partial charge < -0.3 is 15.8 Å². The summed E-state index contributed by atoms with van der Waals surface area (Å²) in [4.78, 5) is 12.2. The first kappa shape index (κ1) is 15.1. The highest BCUT2D eigenvalue weighted by Crippen LogP contribution is 2.26. The average molecular weight is 297 g/mol. The Morgan fingerprint density at radius 3 is 2.85 bits per heavy atom. The number of hydrogen-bond acceptors (Lipinski definition) is 3. The number of amides is 1. The standard InChI is InChI=1S/C15H20N2O2.ClH/c16-13-6-3-5-12(13)15(18)17-11-8-10-4-1-2-7-14(10)19-9-11;/h1-2,4,7,11-13H,3,5-6,8-9,16H2,(H,17,18);1H. The molecule has 1 fully saturated rings. The first-order valence-corrected chi connectivity index (χ1v) is 7.00. The number of fused-ring (bicyclic) bond motifs is 1. The van der Waals surface area contributed by atoms with Gasteiger partial charge in [0.1, 0.15) is 12.4 Å². The Hall–Kier alpha value is -1.26. The van der Waals surface area contributed by atoms with E-state index in [-0.39, 0.29) is 36.3 Å². The maximum absolute atomic E-state index is 12.2. The molecule has 1 aromatic rings. The van der Waals surface area contributed by atoms with Crippen LogP contribution in [0.5, 0.6) is 5.75 Å². The van der Waals surface area contributed by atoms with Gasteiger partial charge in [-0.25, -0.2) is 0 Å². The van der Waals surface area contributed by atoms with E-state index in [4.69, 9.17) is 10.5 Å². The van der Waals surface area contributed by atoms with Crippen LogP contribution in [0.25, 0.3) is 0 Å². The molecule has 1 aliphatic carbocycles. The second-order valence-electron chi connectivity index (χ2n) is 5.53. The van der Waals surface area contributed by atoms with Crippen molar-refractivity contribution in [3.05, 3.63) is 29.8 Å². The second kappa shape index (κ2) is 6.46. The number of ether oxygens (including phenoxy) is 1. The van der Waals surface area contributed by atoms with Crippen molar-refractivity contribution in [2.45, 2.75) is 37.8 Å². The maximum Gasteiger partial charge on any atom is 0.225 e. The van der Waals surface area contributed by atoms with Crippen LogP contribution in [0.15, 0.2) is 24.3 Å². The van der Waals surface area contributed by atoms with Gasteiger partial charge in [0.2, 0.25) is 5.91 Å². The van der Waals surface area contributed by atoms with Crippen molar-refractivity contribution in [2.75, 3.05) is 6.61 Å². The number of halogens is 1. The van der Waals surface area contributed by atoms with E-state index in [0.29, 0.717) is 6.61 Å². The van der Waals surface area contributed by atoms with Gasteiger partial charge >= 0.3 is 0 Å². The van der Waals surface area contributed by atoms with E-state index < -0.39 is 0 Å². The minimum Gasteiger partial charge on any atom is -0.491 e. The van der Waals surface area contributed by atoms with Crippen LogP contribution in [0.1, 0.15) is 24.8 Å². The molecule has 1 saturated carbocycles. The van der Waals surface area contributed by atoms with Crippen molar-refractivity contribution < 1.29 is 9.53 Å². The summed E-state index contributed by atoms with van der Waals surface area (Å²) >= 11 is 0. The minimum atomic E-state index is -0.0165. The molecule has 3 atom stereocenters. The molecule has 0 bridgehead atoms. The second-order valence-corrected chi connectivity index (χ2v) is 5.53. The highest BCUT2D eigenvalue weighted by atomic mass is 35.5. The van der Waals surface area contributed by atoms with E-state index in [1.807, 2.05) is 18.2 Å². The molecule has 0 spiro atoms. The summed E-state index contributed by atoms with van der Waals surface area (Å²) < 4.78 is 5.68. The van der Waals surface area contributed by atoms with Crippen molar-refractivity contribution in [1.29, 1.82) is 0 Å². The van der Waals surface area contributed by atoms with Crippen LogP contribution >= 0.6 is 12.4 Å². The molecule has 0 saturated heterocycles. The number of rotatable bonds is 2. The highest BCUT2D eigenvalue weighted by Gasteiger charge is 2.32. The lowest BCUT2D eigenvalue weighted by Gasteiger charge is -2.27. The third-order valence-corrected chi connectivity index (χ3v) is 4.13. The number of benzene rings is 1. The fourth-order valence-electron chi connectivity index (χ4n) is 3.04. The molecular weight excluding hydrogens is 276 g/mol. The number of hydrogen-bond donors (Lipinski definition) is 2. The summed E-state index contributed by atoms with van der Waals surface area (Å²) in [6, 6.07) is 8.08. The van der Waals surface area contributed by atoms with E-state index in [9.17, 15) is 4.79 Å². The monoisotopic (exact) mass is 296 g/mol. The molecule has 0 aromatic heterocycles. The number of nitrogens with one attached hydrogen (secondary N) is 1. The SMILES string of the molecule is Cl.NC1CCCC1C(=O)NC1COc2ccccc2C1. The zero-order chi connectivity index (χ0) is 13.2.